The van der Waals surface area contributed by atoms with Crippen LogP contribution in [0.5, 0.6) is 0 Å². The van der Waals surface area contributed by atoms with Gasteiger partial charge in [0, 0.05) is 11.5 Å². The van der Waals surface area contributed by atoms with E-state index in [0.717, 1.165) is 12.8 Å². The zero-order valence-corrected chi connectivity index (χ0v) is 11.9. The fourth-order valence-electron chi connectivity index (χ4n) is 1.88. The lowest BCUT2D eigenvalue weighted by atomic mass is 10.2. The van der Waals surface area contributed by atoms with Gasteiger partial charge >= 0.3 is 0 Å². The van der Waals surface area contributed by atoms with Crippen molar-refractivity contribution in [3.8, 4) is 0 Å². The number of hydrogen-bond donors (Lipinski definition) is 1. The first-order chi connectivity index (χ1) is 10.0. The molecule has 1 N–H and O–H groups in total. The molecule has 1 heterocycles. The fraction of sp³-hybridized carbons (Fsp3) is 0.385. The van der Waals surface area contributed by atoms with Crippen LogP contribution in [-0.2, 0) is 22.3 Å². The van der Waals surface area contributed by atoms with Gasteiger partial charge in [0.1, 0.15) is 5.82 Å². The predicted octanol–water partition coefficient (Wildman–Crippen LogP) is 1.71. The van der Waals surface area contributed by atoms with Crippen molar-refractivity contribution < 1.29 is 17.3 Å². The highest BCUT2D eigenvalue weighted by Gasteiger charge is 2.29. The van der Waals surface area contributed by atoms with Gasteiger partial charge in [-0.05, 0) is 18.9 Å². The number of benzene rings is 1. The zero-order valence-electron chi connectivity index (χ0n) is 11.1. The van der Waals surface area contributed by atoms with Crippen molar-refractivity contribution in [2.24, 2.45) is 0 Å². The Kier molecular flexibility index (Phi) is 3.73. The molecule has 0 spiro atoms. The van der Waals surface area contributed by atoms with Gasteiger partial charge in [0.15, 0.2) is 5.82 Å². The first kappa shape index (κ1) is 14.2. The average molecular weight is 311 g/mol. The van der Waals surface area contributed by atoms with Crippen LogP contribution >= 0.6 is 0 Å². The van der Waals surface area contributed by atoms with Crippen LogP contribution in [0, 0.1) is 5.82 Å². The first-order valence-electron chi connectivity index (χ1n) is 6.57. The Bertz CT molecular complexity index is 741. The summed E-state index contributed by atoms with van der Waals surface area (Å²) in [4.78, 5) is 4.12. The van der Waals surface area contributed by atoms with E-state index in [2.05, 4.69) is 14.9 Å². The Morgan fingerprint density at radius 3 is 2.81 bits per heavy atom. The summed E-state index contributed by atoms with van der Waals surface area (Å²) in [6, 6.07) is 5.77. The van der Waals surface area contributed by atoms with Gasteiger partial charge in [0.05, 0.1) is 12.3 Å². The van der Waals surface area contributed by atoms with E-state index in [1.54, 1.807) is 6.07 Å². The standard InChI is InChI=1S/C13H14FN3O3S/c14-11-4-2-1-3-10(11)8-21(18,19)15-7-12-16-13(20-17-12)9-5-6-9/h1-4,9,15H,5-8H2. The van der Waals surface area contributed by atoms with Crippen LogP contribution in [0.3, 0.4) is 0 Å². The number of nitrogens with zero attached hydrogens (tertiary/aromatic N) is 2. The second-order valence-electron chi connectivity index (χ2n) is 4.99. The Morgan fingerprint density at radius 2 is 2.10 bits per heavy atom. The molecule has 1 aliphatic carbocycles. The highest BCUT2D eigenvalue weighted by Crippen LogP contribution is 2.38. The van der Waals surface area contributed by atoms with Crippen molar-refractivity contribution in [3.63, 3.8) is 0 Å². The fourth-order valence-corrected chi connectivity index (χ4v) is 2.98. The molecule has 0 amide bonds. The van der Waals surface area contributed by atoms with E-state index >= 15 is 0 Å². The van der Waals surface area contributed by atoms with E-state index in [0.29, 0.717) is 11.8 Å². The van der Waals surface area contributed by atoms with Crippen molar-refractivity contribution in [3.05, 3.63) is 47.4 Å². The lowest BCUT2D eigenvalue weighted by Gasteiger charge is -2.05. The molecule has 1 aromatic carbocycles. The molecule has 0 bridgehead atoms. The van der Waals surface area contributed by atoms with Crippen molar-refractivity contribution in [2.45, 2.75) is 31.1 Å². The number of hydrogen-bond acceptors (Lipinski definition) is 5. The summed E-state index contributed by atoms with van der Waals surface area (Å²) in [5.74, 6) is 0.194. The third-order valence-corrected chi connectivity index (χ3v) is 4.44. The molecule has 0 radical (unpaired) electrons. The van der Waals surface area contributed by atoms with Gasteiger partial charge in [0.2, 0.25) is 15.9 Å². The Hall–Kier alpha value is -1.80. The molecule has 1 saturated carbocycles. The topological polar surface area (TPSA) is 85.1 Å². The first-order valence-corrected chi connectivity index (χ1v) is 8.22. The number of sulfonamides is 1. The molecule has 3 rings (SSSR count). The van der Waals surface area contributed by atoms with Crippen LogP contribution in [0.25, 0.3) is 0 Å². The Balaban J connectivity index is 1.61. The van der Waals surface area contributed by atoms with Gasteiger partial charge in [-0.25, -0.2) is 17.5 Å². The van der Waals surface area contributed by atoms with Crippen LogP contribution in [0.1, 0.15) is 36.0 Å². The summed E-state index contributed by atoms with van der Waals surface area (Å²) in [6.45, 7) is -0.0625. The second kappa shape index (κ2) is 5.53. The summed E-state index contributed by atoms with van der Waals surface area (Å²) in [5, 5.41) is 3.72. The molecule has 0 unspecified atom stereocenters. The lowest BCUT2D eigenvalue weighted by Crippen LogP contribution is -2.25. The normalized spacial score (nSPS) is 15.3. The van der Waals surface area contributed by atoms with Crippen LogP contribution in [0.15, 0.2) is 28.8 Å². The third-order valence-electron chi connectivity index (χ3n) is 3.16. The van der Waals surface area contributed by atoms with Gasteiger partial charge < -0.3 is 4.52 Å². The van der Waals surface area contributed by atoms with E-state index in [4.69, 9.17) is 4.52 Å². The van der Waals surface area contributed by atoms with Crippen molar-refractivity contribution in [2.75, 3.05) is 0 Å². The molecule has 1 fully saturated rings. The van der Waals surface area contributed by atoms with E-state index in [-0.39, 0.29) is 17.9 Å². The molecule has 2 aromatic rings. The highest BCUT2D eigenvalue weighted by molar-refractivity contribution is 7.88. The molecular formula is C13H14FN3O3S. The summed E-state index contributed by atoms with van der Waals surface area (Å²) >= 11 is 0. The van der Waals surface area contributed by atoms with Gasteiger partial charge in [-0.3, -0.25) is 0 Å². The van der Waals surface area contributed by atoms with Gasteiger partial charge in [-0.2, -0.15) is 4.98 Å². The molecule has 0 atom stereocenters. The van der Waals surface area contributed by atoms with E-state index in [1.807, 2.05) is 0 Å². The minimum atomic E-state index is -3.66. The molecule has 1 aliphatic rings. The molecule has 6 nitrogen and oxygen atoms in total. The smallest absolute Gasteiger partial charge is 0.229 e. The molecule has 0 aliphatic heterocycles. The summed E-state index contributed by atoms with van der Waals surface area (Å²) in [7, 11) is -3.66. The van der Waals surface area contributed by atoms with E-state index < -0.39 is 21.6 Å². The number of rotatable bonds is 6. The molecule has 21 heavy (non-hydrogen) atoms. The Morgan fingerprint density at radius 1 is 1.33 bits per heavy atom. The molecule has 112 valence electrons. The van der Waals surface area contributed by atoms with Gasteiger partial charge in [-0.15, -0.1) is 0 Å². The maximum atomic E-state index is 13.5. The molecule has 1 aromatic heterocycles. The molecular weight excluding hydrogens is 297 g/mol. The molecule has 8 heteroatoms. The minimum absolute atomic E-state index is 0.0625. The lowest BCUT2D eigenvalue weighted by molar-refractivity contribution is 0.373. The summed E-state index contributed by atoms with van der Waals surface area (Å²) in [5.41, 5.74) is 0.122. The minimum Gasteiger partial charge on any atom is -0.339 e. The van der Waals surface area contributed by atoms with E-state index in [9.17, 15) is 12.8 Å². The maximum Gasteiger partial charge on any atom is 0.229 e. The monoisotopic (exact) mass is 311 g/mol. The number of halogens is 1. The average Bonchev–Trinajstić information content (AvgIpc) is 3.18. The van der Waals surface area contributed by atoms with Crippen LogP contribution < -0.4 is 4.72 Å². The van der Waals surface area contributed by atoms with Crippen LogP contribution in [-0.4, -0.2) is 18.6 Å². The third kappa shape index (κ3) is 3.64. The zero-order chi connectivity index (χ0) is 14.9. The second-order valence-corrected chi connectivity index (χ2v) is 6.80. The van der Waals surface area contributed by atoms with E-state index in [1.165, 1.54) is 18.2 Å². The predicted molar refractivity (Wildman–Crippen MR) is 72.1 cm³/mol. The summed E-state index contributed by atoms with van der Waals surface area (Å²) in [6.07, 6.45) is 2.06. The molecule has 0 saturated heterocycles. The highest BCUT2D eigenvalue weighted by atomic mass is 32.2. The van der Waals surface area contributed by atoms with Gasteiger partial charge in [0.25, 0.3) is 0 Å². The number of aromatic nitrogens is 2. The maximum absolute atomic E-state index is 13.5. The van der Waals surface area contributed by atoms with Crippen LogP contribution in [0.2, 0.25) is 0 Å². The van der Waals surface area contributed by atoms with Crippen molar-refractivity contribution in [1.82, 2.24) is 14.9 Å². The van der Waals surface area contributed by atoms with Gasteiger partial charge in [-0.1, -0.05) is 23.4 Å². The SMILES string of the molecule is O=S(=O)(Cc1ccccc1F)NCc1noc(C2CC2)n1. The summed E-state index contributed by atoms with van der Waals surface area (Å²) < 4.78 is 44.7. The van der Waals surface area contributed by atoms with Crippen LogP contribution in [0.4, 0.5) is 4.39 Å². The van der Waals surface area contributed by atoms with Crippen molar-refractivity contribution >= 4 is 10.0 Å². The quantitative estimate of drug-likeness (QED) is 0.877. The largest absolute Gasteiger partial charge is 0.339 e. The number of nitrogens with one attached hydrogen (secondary N) is 1. The Labute approximate surface area is 121 Å². The van der Waals surface area contributed by atoms with Crippen molar-refractivity contribution in [1.29, 1.82) is 0 Å².